The highest BCUT2D eigenvalue weighted by Gasteiger charge is 2.76. The first-order valence-corrected chi connectivity index (χ1v) is 11.2. The topological polar surface area (TPSA) is 113 Å². The van der Waals surface area contributed by atoms with Crippen molar-refractivity contribution in [3.05, 3.63) is 0 Å². The molecule has 0 aromatic carbocycles. The molecule has 0 aromatic rings. The van der Waals surface area contributed by atoms with Crippen LogP contribution in [0.4, 0.5) is 0 Å². The smallest absolute Gasteiger partial charge is 0.302 e. The van der Waals surface area contributed by atoms with Crippen molar-refractivity contribution >= 4 is 11.8 Å². The molecule has 4 rings (SSSR count). The quantitative estimate of drug-likeness (QED) is 0.586. The first-order chi connectivity index (χ1) is 13.9. The number of fused-ring (bicyclic) bond motifs is 3. The number of rotatable bonds is 3. The van der Waals surface area contributed by atoms with Crippen LogP contribution in [0.15, 0.2) is 0 Å². The maximum atomic E-state index is 13.2. The van der Waals surface area contributed by atoms with Gasteiger partial charge in [0.1, 0.15) is 11.9 Å². The number of ether oxygens (including phenoxy) is 2. The first kappa shape index (κ1) is 22.2. The van der Waals surface area contributed by atoms with E-state index in [0.29, 0.717) is 19.3 Å². The Bertz CT molecular complexity index is 735. The third-order valence-corrected chi connectivity index (χ3v) is 9.58. The van der Waals surface area contributed by atoms with Crippen LogP contribution in [0.5, 0.6) is 0 Å². The van der Waals surface area contributed by atoms with E-state index < -0.39 is 41.0 Å². The van der Waals surface area contributed by atoms with Crippen LogP contribution in [-0.2, 0) is 19.1 Å². The minimum Gasteiger partial charge on any atom is -0.462 e. The maximum Gasteiger partial charge on any atom is 0.302 e. The van der Waals surface area contributed by atoms with Gasteiger partial charge in [0.15, 0.2) is 0 Å². The molecule has 1 spiro atoms. The number of Topliss-reactive ketones (excluding diaryl/α,β-unsaturated/α-hetero) is 1. The molecule has 2 bridgehead atoms. The summed E-state index contributed by atoms with van der Waals surface area (Å²) >= 11 is 0. The highest BCUT2D eigenvalue weighted by molar-refractivity contribution is 5.85. The summed E-state index contributed by atoms with van der Waals surface area (Å²) in [6.07, 6.45) is -1.28. The normalized spacial score (nSPS) is 51.8. The Kier molecular flexibility index (Phi) is 5.17. The molecule has 0 aromatic heterocycles. The zero-order valence-electron chi connectivity index (χ0n) is 18.6. The molecular weight excluding hydrogens is 388 g/mol. The van der Waals surface area contributed by atoms with Crippen molar-refractivity contribution < 1.29 is 34.4 Å². The Hall–Kier alpha value is -1.02. The molecule has 170 valence electrons. The van der Waals surface area contributed by atoms with Crippen LogP contribution in [0.2, 0.25) is 0 Å². The molecule has 10 atom stereocenters. The van der Waals surface area contributed by atoms with E-state index in [4.69, 9.17) is 9.47 Å². The third-order valence-electron chi connectivity index (χ3n) is 9.58. The fraction of sp³-hybridized carbons (Fsp3) is 0.913. The molecule has 0 radical (unpaired) electrons. The number of methoxy groups -OCH3 is 1. The number of aliphatic hydroxyl groups excluding tert-OH is 3. The van der Waals surface area contributed by atoms with E-state index in [1.54, 1.807) is 0 Å². The van der Waals surface area contributed by atoms with Gasteiger partial charge in [-0.2, -0.15) is 0 Å². The summed E-state index contributed by atoms with van der Waals surface area (Å²) in [4.78, 5) is 24.8. The van der Waals surface area contributed by atoms with Gasteiger partial charge in [-0.25, -0.2) is 0 Å². The SMILES string of the molecule is COC[C@H]1[C@@H]2C(=O)C[C@H]3[C@]4(C)CC[C@H](OC(C)=O)C(C)(C)[C@H]4C[C@@H](O)[C@@]3([C@@H]1O)[C@@H]2O. The van der Waals surface area contributed by atoms with Gasteiger partial charge < -0.3 is 24.8 Å². The molecule has 0 heterocycles. The van der Waals surface area contributed by atoms with Gasteiger partial charge in [0, 0.05) is 31.8 Å². The molecule has 0 unspecified atom stereocenters. The lowest BCUT2D eigenvalue weighted by molar-refractivity contribution is -0.262. The van der Waals surface area contributed by atoms with E-state index in [1.807, 2.05) is 0 Å². The zero-order chi connectivity index (χ0) is 22.2. The number of hydrogen-bond acceptors (Lipinski definition) is 7. The minimum absolute atomic E-state index is 0.0149. The summed E-state index contributed by atoms with van der Waals surface area (Å²) in [5.41, 5.74) is -1.90. The Morgan fingerprint density at radius 1 is 1.13 bits per heavy atom. The Morgan fingerprint density at radius 3 is 2.40 bits per heavy atom. The summed E-state index contributed by atoms with van der Waals surface area (Å²) in [5, 5.41) is 34.2. The van der Waals surface area contributed by atoms with Gasteiger partial charge in [0.05, 0.1) is 36.3 Å². The largest absolute Gasteiger partial charge is 0.462 e. The molecule has 4 aliphatic carbocycles. The average molecular weight is 425 g/mol. The predicted octanol–water partition coefficient (Wildman–Crippen LogP) is 1.31. The number of aliphatic hydroxyl groups is 3. The second-order valence-electron chi connectivity index (χ2n) is 11.0. The number of carbonyl (C=O) groups excluding carboxylic acids is 2. The summed E-state index contributed by atoms with van der Waals surface area (Å²) < 4.78 is 10.9. The van der Waals surface area contributed by atoms with Gasteiger partial charge in [-0.15, -0.1) is 0 Å². The van der Waals surface area contributed by atoms with Crippen LogP contribution in [-0.4, -0.2) is 65.2 Å². The molecule has 4 aliphatic rings. The Balaban J connectivity index is 1.79. The second-order valence-corrected chi connectivity index (χ2v) is 11.0. The molecule has 4 fully saturated rings. The van der Waals surface area contributed by atoms with Gasteiger partial charge in [-0.1, -0.05) is 20.8 Å². The lowest BCUT2D eigenvalue weighted by atomic mass is 9.39. The van der Waals surface area contributed by atoms with E-state index in [-0.39, 0.29) is 48.1 Å². The van der Waals surface area contributed by atoms with Crippen molar-refractivity contribution in [1.82, 2.24) is 0 Å². The fourth-order valence-corrected chi connectivity index (χ4v) is 8.34. The first-order valence-electron chi connectivity index (χ1n) is 11.2. The van der Waals surface area contributed by atoms with Crippen LogP contribution in [0.3, 0.4) is 0 Å². The van der Waals surface area contributed by atoms with Crippen LogP contribution >= 0.6 is 0 Å². The van der Waals surface area contributed by atoms with Crippen LogP contribution in [0, 0.1) is 39.9 Å². The molecule has 0 amide bonds. The highest BCUT2D eigenvalue weighted by Crippen LogP contribution is 2.71. The molecule has 7 nitrogen and oxygen atoms in total. The van der Waals surface area contributed by atoms with Crippen molar-refractivity contribution in [3.8, 4) is 0 Å². The van der Waals surface area contributed by atoms with Gasteiger partial charge in [0.25, 0.3) is 0 Å². The summed E-state index contributed by atoms with van der Waals surface area (Å²) in [6, 6.07) is 0. The lowest BCUT2D eigenvalue weighted by Gasteiger charge is -2.67. The number of hydrogen-bond donors (Lipinski definition) is 3. The number of ketones is 1. The van der Waals surface area contributed by atoms with Crippen molar-refractivity contribution in [2.75, 3.05) is 13.7 Å². The zero-order valence-corrected chi connectivity index (χ0v) is 18.6. The van der Waals surface area contributed by atoms with Gasteiger partial charge in [-0.05, 0) is 36.5 Å². The van der Waals surface area contributed by atoms with E-state index >= 15 is 0 Å². The molecule has 3 N–H and O–H groups in total. The maximum absolute atomic E-state index is 13.2. The summed E-state index contributed by atoms with van der Waals surface area (Å²) in [5.74, 6) is -1.93. The number of carbonyl (C=O) groups is 2. The van der Waals surface area contributed by atoms with Crippen molar-refractivity contribution in [2.45, 2.75) is 77.8 Å². The monoisotopic (exact) mass is 424 g/mol. The molecule has 0 saturated heterocycles. The van der Waals surface area contributed by atoms with E-state index in [1.165, 1.54) is 14.0 Å². The minimum atomic E-state index is -1.13. The third kappa shape index (κ3) is 2.58. The molecule has 4 saturated carbocycles. The Labute approximate surface area is 178 Å². The second kappa shape index (κ2) is 6.99. The standard InChI is InChI=1S/C23H36O7/c1-11(24)30-17-6-7-22(4)14(21(17,2)3)9-16(26)23-15(22)8-13(25)18(20(23)28)12(10-29-5)19(23)27/h12,14-20,26-28H,6-10H2,1-5H3/t12-,14+,15-,16+,17-,18+,19+,20+,22+,23-/m0/s1. The summed E-state index contributed by atoms with van der Waals surface area (Å²) in [6.45, 7) is 7.86. The highest BCUT2D eigenvalue weighted by atomic mass is 16.5. The van der Waals surface area contributed by atoms with Crippen molar-refractivity contribution in [3.63, 3.8) is 0 Å². The van der Waals surface area contributed by atoms with E-state index in [0.717, 1.165) is 0 Å². The average Bonchev–Trinajstić information content (AvgIpc) is 2.79. The van der Waals surface area contributed by atoms with E-state index in [2.05, 4.69) is 20.8 Å². The van der Waals surface area contributed by atoms with Gasteiger partial charge in [-0.3, -0.25) is 9.59 Å². The number of esters is 1. The van der Waals surface area contributed by atoms with Crippen molar-refractivity contribution in [1.29, 1.82) is 0 Å². The predicted molar refractivity (Wildman–Crippen MR) is 107 cm³/mol. The molecule has 30 heavy (non-hydrogen) atoms. The van der Waals surface area contributed by atoms with Crippen molar-refractivity contribution in [2.24, 2.45) is 39.9 Å². The fourth-order valence-electron chi connectivity index (χ4n) is 8.34. The Morgan fingerprint density at radius 2 is 1.80 bits per heavy atom. The molecule has 0 aliphatic heterocycles. The van der Waals surface area contributed by atoms with E-state index in [9.17, 15) is 24.9 Å². The molecular formula is C23H36O7. The van der Waals surface area contributed by atoms with Crippen LogP contribution in [0.25, 0.3) is 0 Å². The lowest BCUT2D eigenvalue weighted by Crippen LogP contribution is -2.70. The molecule has 7 heteroatoms. The van der Waals surface area contributed by atoms with Crippen LogP contribution in [0.1, 0.15) is 53.4 Å². The van der Waals surface area contributed by atoms with Crippen LogP contribution < -0.4 is 0 Å². The summed E-state index contributed by atoms with van der Waals surface area (Å²) in [7, 11) is 1.52. The van der Waals surface area contributed by atoms with Gasteiger partial charge >= 0.3 is 5.97 Å². The van der Waals surface area contributed by atoms with Gasteiger partial charge in [0.2, 0.25) is 0 Å².